The van der Waals surface area contributed by atoms with Crippen molar-refractivity contribution in [2.24, 2.45) is 5.92 Å². The predicted octanol–water partition coefficient (Wildman–Crippen LogP) is 1.16. The lowest BCUT2D eigenvalue weighted by Gasteiger charge is -2.37. The number of aliphatic carboxylic acids is 1. The summed E-state index contributed by atoms with van der Waals surface area (Å²) in [5.41, 5.74) is 0. The zero-order valence-electron chi connectivity index (χ0n) is 11.2. The van der Waals surface area contributed by atoms with Gasteiger partial charge in [-0.2, -0.15) is 5.10 Å². The summed E-state index contributed by atoms with van der Waals surface area (Å²) < 4.78 is 1.60. The van der Waals surface area contributed by atoms with Gasteiger partial charge in [-0.25, -0.2) is 0 Å². The Labute approximate surface area is 112 Å². The number of carboxylic acids is 1. The molecule has 1 amide bonds. The highest BCUT2D eigenvalue weighted by Crippen LogP contribution is 2.24. The van der Waals surface area contributed by atoms with E-state index in [-0.39, 0.29) is 11.9 Å². The van der Waals surface area contributed by atoms with Crippen LogP contribution in [0.15, 0.2) is 18.5 Å². The largest absolute Gasteiger partial charge is 0.481 e. The molecule has 0 saturated carbocycles. The molecule has 6 nitrogen and oxygen atoms in total. The Morgan fingerprint density at radius 3 is 2.74 bits per heavy atom. The average molecular weight is 265 g/mol. The zero-order valence-corrected chi connectivity index (χ0v) is 11.2. The van der Waals surface area contributed by atoms with Gasteiger partial charge in [-0.3, -0.25) is 14.3 Å². The van der Waals surface area contributed by atoms with Gasteiger partial charge in [-0.1, -0.05) is 0 Å². The van der Waals surface area contributed by atoms with Crippen LogP contribution in [-0.2, 0) is 9.59 Å². The molecule has 0 spiro atoms. The number of likely N-dealkylation sites (tertiary alicyclic amines) is 1. The molecule has 1 fully saturated rings. The van der Waals surface area contributed by atoms with Crippen LogP contribution < -0.4 is 0 Å². The second kappa shape index (κ2) is 5.42. The van der Waals surface area contributed by atoms with Crippen molar-refractivity contribution in [3.63, 3.8) is 0 Å². The van der Waals surface area contributed by atoms with Gasteiger partial charge in [0.05, 0.1) is 5.92 Å². The van der Waals surface area contributed by atoms with Crippen molar-refractivity contribution in [1.29, 1.82) is 0 Å². The zero-order chi connectivity index (χ0) is 14.0. The van der Waals surface area contributed by atoms with E-state index < -0.39 is 17.9 Å². The van der Waals surface area contributed by atoms with Gasteiger partial charge >= 0.3 is 5.97 Å². The van der Waals surface area contributed by atoms with Crippen molar-refractivity contribution in [2.45, 2.75) is 38.8 Å². The minimum atomic E-state index is -0.823. The lowest BCUT2D eigenvalue weighted by molar-refractivity contribution is -0.148. The van der Waals surface area contributed by atoms with E-state index in [1.165, 1.54) is 0 Å². The molecule has 3 unspecified atom stereocenters. The van der Waals surface area contributed by atoms with Crippen LogP contribution in [0.5, 0.6) is 0 Å². The van der Waals surface area contributed by atoms with Crippen LogP contribution in [0.2, 0.25) is 0 Å². The van der Waals surface area contributed by atoms with Gasteiger partial charge in [0.25, 0.3) is 0 Å². The number of carbonyl (C=O) groups excluding carboxylic acids is 1. The second-order valence-corrected chi connectivity index (χ2v) is 5.11. The topological polar surface area (TPSA) is 75.4 Å². The van der Waals surface area contributed by atoms with E-state index in [2.05, 4.69) is 5.10 Å². The van der Waals surface area contributed by atoms with Gasteiger partial charge in [0.2, 0.25) is 5.91 Å². The maximum Gasteiger partial charge on any atom is 0.308 e. The molecule has 1 aliphatic rings. The van der Waals surface area contributed by atoms with Crippen LogP contribution in [-0.4, -0.2) is 44.3 Å². The van der Waals surface area contributed by atoms with Crippen molar-refractivity contribution < 1.29 is 14.7 Å². The number of rotatable bonds is 3. The highest BCUT2D eigenvalue weighted by atomic mass is 16.4. The number of carbonyl (C=O) groups is 2. The summed E-state index contributed by atoms with van der Waals surface area (Å²) in [6.45, 7) is 4.04. The Morgan fingerprint density at radius 2 is 2.16 bits per heavy atom. The number of hydrogen-bond acceptors (Lipinski definition) is 3. The molecule has 0 radical (unpaired) electrons. The molecule has 1 aromatic rings. The summed E-state index contributed by atoms with van der Waals surface area (Å²) in [5, 5.41) is 13.2. The average Bonchev–Trinajstić information content (AvgIpc) is 2.91. The summed E-state index contributed by atoms with van der Waals surface area (Å²) in [6, 6.07) is 1.45. The summed E-state index contributed by atoms with van der Waals surface area (Å²) in [4.78, 5) is 25.2. The van der Waals surface area contributed by atoms with E-state index in [0.29, 0.717) is 13.0 Å². The minimum absolute atomic E-state index is 0.0675. The summed E-state index contributed by atoms with van der Waals surface area (Å²) in [6.07, 6.45) is 4.74. The Bertz CT molecular complexity index is 458. The molecule has 2 heterocycles. The first-order valence-electron chi connectivity index (χ1n) is 6.53. The number of piperidine rings is 1. The third-order valence-electron chi connectivity index (χ3n) is 3.79. The van der Waals surface area contributed by atoms with Gasteiger partial charge in [0, 0.05) is 25.0 Å². The minimum Gasteiger partial charge on any atom is -0.481 e. The summed E-state index contributed by atoms with van der Waals surface area (Å²) in [5.74, 6) is -1.34. The molecule has 0 aromatic carbocycles. The second-order valence-electron chi connectivity index (χ2n) is 5.11. The molecule has 1 aromatic heterocycles. The first-order chi connectivity index (χ1) is 9.00. The lowest BCUT2D eigenvalue weighted by Crippen LogP contribution is -2.49. The molecule has 0 bridgehead atoms. The van der Waals surface area contributed by atoms with Gasteiger partial charge in [0.1, 0.15) is 6.04 Å². The van der Waals surface area contributed by atoms with Crippen LogP contribution in [0.1, 0.15) is 32.7 Å². The van der Waals surface area contributed by atoms with Crippen molar-refractivity contribution >= 4 is 11.9 Å². The number of carboxylic acid groups (broad SMARTS) is 1. The first kappa shape index (κ1) is 13.6. The Kier molecular flexibility index (Phi) is 3.87. The standard InChI is InChI=1S/C13H19N3O3/c1-9-4-5-11(13(18)19)8-15(9)12(17)10(2)16-7-3-6-14-16/h3,6-7,9-11H,4-5,8H2,1-2H3,(H,18,19). The molecule has 1 aliphatic heterocycles. The van der Waals surface area contributed by atoms with Gasteiger partial charge < -0.3 is 10.0 Å². The van der Waals surface area contributed by atoms with Gasteiger partial charge in [-0.05, 0) is 32.8 Å². The highest BCUT2D eigenvalue weighted by molar-refractivity contribution is 5.81. The molecule has 6 heteroatoms. The van der Waals surface area contributed by atoms with E-state index >= 15 is 0 Å². The smallest absolute Gasteiger partial charge is 0.308 e. The molecule has 1 N–H and O–H groups in total. The molecule has 104 valence electrons. The van der Waals surface area contributed by atoms with Crippen molar-refractivity contribution in [2.75, 3.05) is 6.54 Å². The van der Waals surface area contributed by atoms with Gasteiger partial charge in [-0.15, -0.1) is 0 Å². The summed E-state index contributed by atoms with van der Waals surface area (Å²) >= 11 is 0. The van der Waals surface area contributed by atoms with Crippen molar-refractivity contribution in [1.82, 2.24) is 14.7 Å². The van der Waals surface area contributed by atoms with E-state index in [0.717, 1.165) is 6.42 Å². The third-order valence-corrected chi connectivity index (χ3v) is 3.79. The Hall–Kier alpha value is -1.85. The van der Waals surface area contributed by atoms with Crippen molar-refractivity contribution in [3.8, 4) is 0 Å². The Balaban J connectivity index is 2.10. The van der Waals surface area contributed by atoms with Crippen LogP contribution >= 0.6 is 0 Å². The lowest BCUT2D eigenvalue weighted by atomic mass is 9.93. The molecular formula is C13H19N3O3. The Morgan fingerprint density at radius 1 is 1.42 bits per heavy atom. The van der Waals surface area contributed by atoms with E-state index in [4.69, 9.17) is 5.11 Å². The highest BCUT2D eigenvalue weighted by Gasteiger charge is 2.34. The fraction of sp³-hybridized carbons (Fsp3) is 0.615. The molecular weight excluding hydrogens is 246 g/mol. The van der Waals surface area contributed by atoms with E-state index in [1.54, 1.807) is 35.0 Å². The van der Waals surface area contributed by atoms with E-state index in [1.807, 2.05) is 6.92 Å². The first-order valence-corrected chi connectivity index (χ1v) is 6.53. The molecule has 1 saturated heterocycles. The van der Waals surface area contributed by atoms with Crippen LogP contribution in [0.4, 0.5) is 0 Å². The molecule has 3 atom stereocenters. The van der Waals surface area contributed by atoms with Crippen molar-refractivity contribution in [3.05, 3.63) is 18.5 Å². The van der Waals surface area contributed by atoms with Crippen LogP contribution in [0, 0.1) is 5.92 Å². The maximum atomic E-state index is 12.4. The van der Waals surface area contributed by atoms with Crippen LogP contribution in [0.25, 0.3) is 0 Å². The molecule has 0 aliphatic carbocycles. The molecule has 19 heavy (non-hydrogen) atoms. The number of aromatic nitrogens is 2. The molecule has 2 rings (SSSR count). The quantitative estimate of drug-likeness (QED) is 0.889. The third kappa shape index (κ3) is 2.77. The summed E-state index contributed by atoms with van der Waals surface area (Å²) in [7, 11) is 0. The number of nitrogens with zero attached hydrogens (tertiary/aromatic N) is 3. The fourth-order valence-corrected chi connectivity index (χ4v) is 2.48. The number of amides is 1. The predicted molar refractivity (Wildman–Crippen MR) is 68.5 cm³/mol. The normalized spacial score (nSPS) is 25.1. The van der Waals surface area contributed by atoms with Gasteiger partial charge in [0.15, 0.2) is 0 Å². The van der Waals surface area contributed by atoms with E-state index in [9.17, 15) is 9.59 Å². The maximum absolute atomic E-state index is 12.4. The van der Waals surface area contributed by atoms with Crippen LogP contribution in [0.3, 0.4) is 0 Å². The fourth-order valence-electron chi connectivity index (χ4n) is 2.48. The number of hydrogen-bond donors (Lipinski definition) is 1. The SMILES string of the molecule is CC1CCC(C(=O)O)CN1C(=O)C(C)n1cccn1. The monoisotopic (exact) mass is 265 g/mol.